The summed E-state index contributed by atoms with van der Waals surface area (Å²) in [6.07, 6.45) is 1.96. The minimum absolute atomic E-state index is 0.0464. The van der Waals surface area contributed by atoms with Crippen LogP contribution in [0.4, 0.5) is 0 Å². The standard InChI is InChI=1S/C13H27N3O3S/c1-4-9-20(18,19)16-7-5-12(6-8-16)15-13(17)10(2)11(3)14/h10-12H,4-9,14H2,1-3H3,(H,15,17). The van der Waals surface area contributed by atoms with Crippen LogP contribution >= 0.6 is 0 Å². The van der Waals surface area contributed by atoms with E-state index in [1.807, 2.05) is 13.8 Å². The molecule has 2 unspecified atom stereocenters. The number of nitrogens with two attached hydrogens (primary N) is 1. The Kier molecular flexibility index (Phi) is 6.42. The van der Waals surface area contributed by atoms with E-state index in [4.69, 9.17) is 5.73 Å². The summed E-state index contributed by atoms with van der Waals surface area (Å²) in [5.74, 6) is -0.0714. The summed E-state index contributed by atoms with van der Waals surface area (Å²) in [5.41, 5.74) is 5.71. The maximum atomic E-state index is 11.9. The molecule has 2 atom stereocenters. The highest BCUT2D eigenvalue weighted by atomic mass is 32.2. The molecule has 6 nitrogen and oxygen atoms in total. The van der Waals surface area contributed by atoms with Crippen molar-refractivity contribution in [1.29, 1.82) is 0 Å². The van der Waals surface area contributed by atoms with Crippen LogP contribution < -0.4 is 11.1 Å². The Labute approximate surface area is 122 Å². The van der Waals surface area contributed by atoms with Crippen molar-refractivity contribution in [1.82, 2.24) is 9.62 Å². The van der Waals surface area contributed by atoms with Crippen molar-refractivity contribution in [3.8, 4) is 0 Å². The van der Waals surface area contributed by atoms with Gasteiger partial charge in [0.25, 0.3) is 0 Å². The first-order chi connectivity index (χ1) is 9.27. The predicted molar refractivity (Wildman–Crippen MR) is 79.6 cm³/mol. The van der Waals surface area contributed by atoms with Crippen LogP contribution in [0.1, 0.15) is 40.0 Å². The van der Waals surface area contributed by atoms with E-state index in [1.165, 1.54) is 4.31 Å². The zero-order valence-electron chi connectivity index (χ0n) is 12.6. The molecule has 0 spiro atoms. The molecule has 0 aromatic heterocycles. The Balaban J connectivity index is 2.45. The molecule has 0 radical (unpaired) electrons. The number of piperidine rings is 1. The van der Waals surface area contributed by atoms with E-state index < -0.39 is 10.0 Å². The molecule has 1 saturated heterocycles. The van der Waals surface area contributed by atoms with Gasteiger partial charge in [-0.2, -0.15) is 0 Å². The van der Waals surface area contributed by atoms with Crippen molar-refractivity contribution < 1.29 is 13.2 Å². The van der Waals surface area contributed by atoms with Gasteiger partial charge in [-0.1, -0.05) is 13.8 Å². The molecule has 3 N–H and O–H groups in total. The lowest BCUT2D eigenvalue weighted by atomic mass is 10.0. The SMILES string of the molecule is CCCS(=O)(=O)N1CCC(NC(=O)C(C)C(C)N)CC1. The summed E-state index contributed by atoms with van der Waals surface area (Å²) in [4.78, 5) is 11.9. The molecule has 118 valence electrons. The van der Waals surface area contributed by atoms with Crippen LogP contribution in [0.3, 0.4) is 0 Å². The van der Waals surface area contributed by atoms with Crippen LogP contribution in [0.15, 0.2) is 0 Å². The van der Waals surface area contributed by atoms with Crippen LogP contribution in [-0.4, -0.2) is 49.6 Å². The summed E-state index contributed by atoms with van der Waals surface area (Å²) in [6.45, 7) is 6.45. The first-order valence-electron chi connectivity index (χ1n) is 7.31. The normalized spacial score (nSPS) is 21.4. The molecule has 0 aromatic carbocycles. The fraction of sp³-hybridized carbons (Fsp3) is 0.923. The number of hydrogen-bond donors (Lipinski definition) is 2. The summed E-state index contributed by atoms with van der Waals surface area (Å²) < 4.78 is 25.4. The largest absolute Gasteiger partial charge is 0.353 e. The molecule has 1 rings (SSSR count). The number of rotatable bonds is 6. The maximum absolute atomic E-state index is 11.9. The second-order valence-corrected chi connectivity index (χ2v) is 7.73. The Morgan fingerprint density at radius 1 is 1.35 bits per heavy atom. The van der Waals surface area contributed by atoms with Gasteiger partial charge in [-0.15, -0.1) is 0 Å². The van der Waals surface area contributed by atoms with E-state index in [9.17, 15) is 13.2 Å². The van der Waals surface area contributed by atoms with E-state index in [-0.39, 0.29) is 29.7 Å². The Hall–Kier alpha value is -0.660. The lowest BCUT2D eigenvalue weighted by molar-refractivity contribution is -0.125. The van der Waals surface area contributed by atoms with Gasteiger partial charge in [-0.3, -0.25) is 4.79 Å². The third-order valence-corrected chi connectivity index (χ3v) is 5.93. The van der Waals surface area contributed by atoms with Crippen molar-refractivity contribution in [2.24, 2.45) is 11.7 Å². The molecular weight excluding hydrogens is 278 g/mol. The van der Waals surface area contributed by atoms with Crippen molar-refractivity contribution in [2.45, 2.75) is 52.1 Å². The second-order valence-electron chi connectivity index (χ2n) is 5.65. The van der Waals surface area contributed by atoms with E-state index in [0.717, 1.165) is 0 Å². The highest BCUT2D eigenvalue weighted by Gasteiger charge is 2.29. The summed E-state index contributed by atoms with van der Waals surface area (Å²) in [5, 5.41) is 2.96. The number of hydrogen-bond acceptors (Lipinski definition) is 4. The lowest BCUT2D eigenvalue weighted by Gasteiger charge is -2.32. The van der Waals surface area contributed by atoms with Gasteiger partial charge in [0.1, 0.15) is 0 Å². The summed E-state index contributed by atoms with van der Waals surface area (Å²) >= 11 is 0. The molecular formula is C13H27N3O3S. The molecule has 1 aliphatic rings. The van der Waals surface area contributed by atoms with Gasteiger partial charge in [-0.05, 0) is 26.2 Å². The van der Waals surface area contributed by atoms with Crippen LogP contribution in [-0.2, 0) is 14.8 Å². The Morgan fingerprint density at radius 2 is 1.90 bits per heavy atom. The van der Waals surface area contributed by atoms with Gasteiger partial charge in [0.05, 0.1) is 5.75 Å². The molecule has 0 aliphatic carbocycles. The molecule has 1 heterocycles. The highest BCUT2D eigenvalue weighted by Crippen LogP contribution is 2.15. The molecule has 0 saturated carbocycles. The average molecular weight is 305 g/mol. The molecule has 7 heteroatoms. The number of carbonyl (C=O) groups excluding carboxylic acids is 1. The zero-order valence-corrected chi connectivity index (χ0v) is 13.4. The monoisotopic (exact) mass is 305 g/mol. The van der Waals surface area contributed by atoms with Gasteiger partial charge >= 0.3 is 0 Å². The Bertz CT molecular complexity index is 415. The molecule has 1 amide bonds. The van der Waals surface area contributed by atoms with Crippen molar-refractivity contribution in [3.63, 3.8) is 0 Å². The Morgan fingerprint density at radius 3 is 2.35 bits per heavy atom. The van der Waals surface area contributed by atoms with Crippen molar-refractivity contribution in [3.05, 3.63) is 0 Å². The fourth-order valence-electron chi connectivity index (χ4n) is 2.24. The van der Waals surface area contributed by atoms with Gasteiger partial charge in [0.15, 0.2) is 0 Å². The molecule has 20 heavy (non-hydrogen) atoms. The highest BCUT2D eigenvalue weighted by molar-refractivity contribution is 7.89. The van der Waals surface area contributed by atoms with Crippen LogP contribution in [0.25, 0.3) is 0 Å². The molecule has 1 fully saturated rings. The van der Waals surface area contributed by atoms with E-state index in [0.29, 0.717) is 32.4 Å². The predicted octanol–water partition coefficient (Wildman–Crippen LogP) is 0.290. The topological polar surface area (TPSA) is 92.5 Å². The average Bonchev–Trinajstić information content (AvgIpc) is 2.38. The summed E-state index contributed by atoms with van der Waals surface area (Å²) in [7, 11) is -3.11. The minimum Gasteiger partial charge on any atom is -0.353 e. The van der Waals surface area contributed by atoms with Crippen molar-refractivity contribution >= 4 is 15.9 Å². The second kappa shape index (κ2) is 7.38. The quantitative estimate of drug-likeness (QED) is 0.737. The number of carbonyl (C=O) groups is 1. The smallest absolute Gasteiger partial charge is 0.224 e. The third kappa shape index (κ3) is 4.71. The number of amides is 1. The third-order valence-electron chi connectivity index (χ3n) is 3.86. The lowest BCUT2D eigenvalue weighted by Crippen LogP contribution is -2.49. The summed E-state index contributed by atoms with van der Waals surface area (Å²) in [6, 6.07) is -0.128. The fourth-order valence-corrected chi connectivity index (χ4v) is 3.78. The zero-order chi connectivity index (χ0) is 15.3. The molecule has 1 aliphatic heterocycles. The number of sulfonamides is 1. The number of nitrogens with one attached hydrogen (secondary N) is 1. The van der Waals surface area contributed by atoms with E-state index in [2.05, 4.69) is 5.32 Å². The number of nitrogens with zero attached hydrogens (tertiary/aromatic N) is 1. The maximum Gasteiger partial charge on any atom is 0.224 e. The van der Waals surface area contributed by atoms with Gasteiger partial charge in [0, 0.05) is 31.1 Å². The van der Waals surface area contributed by atoms with Gasteiger partial charge < -0.3 is 11.1 Å². The van der Waals surface area contributed by atoms with Gasteiger partial charge in [-0.25, -0.2) is 12.7 Å². The van der Waals surface area contributed by atoms with Crippen LogP contribution in [0, 0.1) is 5.92 Å². The van der Waals surface area contributed by atoms with Crippen LogP contribution in [0.2, 0.25) is 0 Å². The first-order valence-corrected chi connectivity index (χ1v) is 8.92. The van der Waals surface area contributed by atoms with Gasteiger partial charge in [0.2, 0.25) is 15.9 Å². The first kappa shape index (κ1) is 17.4. The van der Waals surface area contributed by atoms with E-state index >= 15 is 0 Å². The minimum atomic E-state index is -3.11. The molecule has 0 aromatic rings. The van der Waals surface area contributed by atoms with E-state index in [1.54, 1.807) is 6.92 Å². The van der Waals surface area contributed by atoms with Crippen LogP contribution in [0.5, 0.6) is 0 Å². The molecule has 0 bridgehead atoms. The van der Waals surface area contributed by atoms with Crippen molar-refractivity contribution in [2.75, 3.05) is 18.8 Å².